The molecular weight excluding hydrogens is 455 g/mol. The van der Waals surface area contributed by atoms with Crippen LogP contribution in [-0.4, -0.2) is 33.9 Å². The molecule has 0 saturated carbocycles. The smallest absolute Gasteiger partial charge is 0.341 e. The van der Waals surface area contributed by atoms with E-state index in [1.54, 1.807) is 36.0 Å². The molecule has 3 rings (SSSR count). The Hall–Kier alpha value is -2.87. The van der Waals surface area contributed by atoms with Crippen LogP contribution in [-0.2, 0) is 24.8 Å². The number of pyridine rings is 2. The van der Waals surface area contributed by atoms with Crippen LogP contribution in [0.1, 0.15) is 23.0 Å². The van der Waals surface area contributed by atoms with E-state index in [0.717, 1.165) is 0 Å². The van der Waals surface area contributed by atoms with Gasteiger partial charge in [-0.15, -0.1) is 0 Å². The van der Waals surface area contributed by atoms with Gasteiger partial charge in [0, 0.05) is 56.2 Å². The number of carbonyl (C=O) groups is 1. The quantitative estimate of drug-likeness (QED) is 0.554. The van der Waals surface area contributed by atoms with Crippen LogP contribution in [0, 0.1) is 0 Å². The van der Waals surface area contributed by atoms with E-state index in [-0.39, 0.29) is 21.8 Å². The van der Waals surface area contributed by atoms with Gasteiger partial charge in [-0.1, -0.05) is 29.3 Å². The lowest BCUT2D eigenvalue weighted by Gasteiger charge is -2.23. The summed E-state index contributed by atoms with van der Waals surface area (Å²) in [5.41, 5.74) is 0.376. The van der Waals surface area contributed by atoms with E-state index < -0.39 is 17.0 Å². The number of nitrogens with zero attached hydrogens (tertiary/aromatic N) is 2. The molecule has 0 amide bonds. The predicted octanol–water partition coefficient (Wildman–Crippen LogP) is 4.09. The molecule has 2 heterocycles. The highest BCUT2D eigenvalue weighted by Gasteiger charge is 2.27. The Balaban J connectivity index is 2.51. The van der Waals surface area contributed by atoms with Crippen LogP contribution in [0.5, 0.6) is 0 Å². The zero-order valence-electron chi connectivity index (χ0n) is 17.8. The number of aromatic carboxylic acids is 1. The largest absolute Gasteiger partial charge is 0.477 e. The molecule has 0 aliphatic heterocycles. The maximum atomic E-state index is 13.6. The second kappa shape index (κ2) is 9.73. The van der Waals surface area contributed by atoms with Gasteiger partial charge in [-0.25, -0.2) is 4.79 Å². The standard InChI is InChI=1S/C23H22Cl2N2O5/c1-4-27-17(8-10-32-3)19(13-7-9-26(2)18(28)12-13)22(29)20(23(30)31)21(27)14-5-6-15(24)16(25)11-14/h5-7,9,11-12H,4,8,10H2,1-3H3,(H,30,31). The van der Waals surface area contributed by atoms with E-state index >= 15 is 0 Å². The number of aryl methyl sites for hydroxylation is 1. The summed E-state index contributed by atoms with van der Waals surface area (Å²) in [5.74, 6) is -1.37. The molecule has 32 heavy (non-hydrogen) atoms. The number of aromatic nitrogens is 2. The lowest BCUT2D eigenvalue weighted by molar-refractivity contribution is 0.0695. The molecule has 1 N–H and O–H groups in total. The minimum Gasteiger partial charge on any atom is -0.477 e. The van der Waals surface area contributed by atoms with Gasteiger partial charge in [-0.05, 0) is 30.7 Å². The summed E-state index contributed by atoms with van der Waals surface area (Å²) in [6.45, 7) is 2.51. The Morgan fingerprint density at radius 2 is 1.81 bits per heavy atom. The van der Waals surface area contributed by atoms with Crippen LogP contribution in [0.2, 0.25) is 10.0 Å². The van der Waals surface area contributed by atoms with Crippen molar-refractivity contribution in [2.45, 2.75) is 19.9 Å². The fraction of sp³-hybridized carbons (Fsp3) is 0.261. The average Bonchev–Trinajstić information content (AvgIpc) is 2.75. The second-order valence-electron chi connectivity index (χ2n) is 7.16. The summed E-state index contributed by atoms with van der Waals surface area (Å²) in [5, 5.41) is 10.6. The van der Waals surface area contributed by atoms with Crippen LogP contribution in [0.4, 0.5) is 0 Å². The molecule has 0 radical (unpaired) electrons. The highest BCUT2D eigenvalue weighted by molar-refractivity contribution is 6.42. The molecule has 0 bridgehead atoms. The van der Waals surface area contributed by atoms with E-state index in [0.29, 0.717) is 41.4 Å². The van der Waals surface area contributed by atoms with Gasteiger partial charge in [-0.2, -0.15) is 0 Å². The van der Waals surface area contributed by atoms with Gasteiger partial charge in [-0.3, -0.25) is 9.59 Å². The van der Waals surface area contributed by atoms with Crippen LogP contribution in [0.15, 0.2) is 46.1 Å². The molecule has 7 nitrogen and oxygen atoms in total. The Morgan fingerprint density at radius 1 is 1.09 bits per heavy atom. The van der Waals surface area contributed by atoms with Crippen molar-refractivity contribution in [2.24, 2.45) is 7.05 Å². The van der Waals surface area contributed by atoms with Crippen LogP contribution in [0.3, 0.4) is 0 Å². The third kappa shape index (κ3) is 4.37. The summed E-state index contributed by atoms with van der Waals surface area (Å²) in [4.78, 5) is 38.2. The summed E-state index contributed by atoms with van der Waals surface area (Å²) in [7, 11) is 3.14. The van der Waals surface area contributed by atoms with Crippen LogP contribution in [0.25, 0.3) is 22.4 Å². The number of halogens is 2. The molecular formula is C23H22Cl2N2O5. The number of methoxy groups -OCH3 is 1. The van der Waals surface area contributed by atoms with E-state index in [2.05, 4.69) is 0 Å². The third-order valence-electron chi connectivity index (χ3n) is 5.23. The van der Waals surface area contributed by atoms with Gasteiger partial charge >= 0.3 is 5.97 Å². The van der Waals surface area contributed by atoms with Crippen molar-refractivity contribution in [1.82, 2.24) is 9.13 Å². The molecule has 0 spiro atoms. The fourth-order valence-electron chi connectivity index (χ4n) is 3.72. The first-order chi connectivity index (χ1) is 15.2. The minimum atomic E-state index is -1.37. The van der Waals surface area contributed by atoms with Gasteiger partial charge in [0.1, 0.15) is 5.56 Å². The predicted molar refractivity (Wildman–Crippen MR) is 125 cm³/mol. The Labute approximate surface area is 194 Å². The van der Waals surface area contributed by atoms with E-state index in [1.165, 1.54) is 23.8 Å². The van der Waals surface area contributed by atoms with Gasteiger partial charge in [0.05, 0.1) is 22.3 Å². The number of carboxylic acid groups (broad SMARTS) is 1. The van der Waals surface area contributed by atoms with E-state index in [9.17, 15) is 19.5 Å². The summed E-state index contributed by atoms with van der Waals surface area (Å²) in [6, 6.07) is 7.67. The third-order valence-corrected chi connectivity index (χ3v) is 5.97. The van der Waals surface area contributed by atoms with Crippen molar-refractivity contribution in [3.63, 3.8) is 0 Å². The fourth-order valence-corrected chi connectivity index (χ4v) is 4.02. The zero-order chi connectivity index (χ0) is 23.6. The van der Waals surface area contributed by atoms with Crippen molar-refractivity contribution >= 4 is 29.2 Å². The number of rotatable bonds is 7. The molecule has 0 aliphatic carbocycles. The first-order valence-corrected chi connectivity index (χ1v) is 10.6. The maximum absolute atomic E-state index is 13.6. The van der Waals surface area contributed by atoms with Gasteiger partial charge in [0.25, 0.3) is 5.56 Å². The highest BCUT2D eigenvalue weighted by Crippen LogP contribution is 2.33. The number of hydrogen-bond donors (Lipinski definition) is 1. The van der Waals surface area contributed by atoms with Crippen LogP contribution >= 0.6 is 23.2 Å². The van der Waals surface area contributed by atoms with Crippen molar-refractivity contribution in [1.29, 1.82) is 0 Å². The molecule has 0 unspecified atom stereocenters. The SMILES string of the molecule is CCn1c(CCOC)c(-c2ccn(C)c(=O)c2)c(=O)c(C(=O)O)c1-c1ccc(Cl)c(Cl)c1. The van der Waals surface area contributed by atoms with Crippen molar-refractivity contribution < 1.29 is 14.6 Å². The number of carboxylic acids is 1. The Bertz CT molecular complexity index is 1310. The van der Waals surface area contributed by atoms with E-state index in [1.807, 2.05) is 6.92 Å². The second-order valence-corrected chi connectivity index (χ2v) is 7.97. The molecule has 2 aromatic heterocycles. The molecule has 3 aromatic rings. The van der Waals surface area contributed by atoms with Gasteiger partial charge in [0.15, 0.2) is 0 Å². The lowest BCUT2D eigenvalue weighted by atomic mass is 9.95. The van der Waals surface area contributed by atoms with Crippen molar-refractivity contribution in [2.75, 3.05) is 13.7 Å². The van der Waals surface area contributed by atoms with Crippen LogP contribution < -0.4 is 11.0 Å². The Morgan fingerprint density at radius 3 is 2.38 bits per heavy atom. The average molecular weight is 477 g/mol. The zero-order valence-corrected chi connectivity index (χ0v) is 19.3. The summed E-state index contributed by atoms with van der Waals surface area (Å²) in [6.07, 6.45) is 1.87. The normalized spacial score (nSPS) is 11.0. The molecule has 0 aliphatic rings. The molecule has 168 valence electrons. The maximum Gasteiger partial charge on any atom is 0.341 e. The van der Waals surface area contributed by atoms with Gasteiger partial charge < -0.3 is 19.0 Å². The Kier molecular flexibility index (Phi) is 7.23. The molecule has 1 aromatic carbocycles. The number of benzene rings is 1. The molecule has 0 fully saturated rings. The molecule has 9 heteroatoms. The summed E-state index contributed by atoms with van der Waals surface area (Å²) >= 11 is 12.2. The summed E-state index contributed by atoms with van der Waals surface area (Å²) < 4.78 is 8.37. The van der Waals surface area contributed by atoms with E-state index in [4.69, 9.17) is 27.9 Å². The topological polar surface area (TPSA) is 90.5 Å². The first-order valence-electron chi connectivity index (χ1n) is 9.85. The number of ether oxygens (including phenoxy) is 1. The van der Waals surface area contributed by atoms with Gasteiger partial charge in [0.2, 0.25) is 5.43 Å². The van der Waals surface area contributed by atoms with Crippen molar-refractivity contribution in [3.05, 3.63) is 78.4 Å². The first kappa shape index (κ1) is 23.8. The monoisotopic (exact) mass is 476 g/mol. The number of hydrogen-bond acceptors (Lipinski definition) is 4. The highest BCUT2D eigenvalue weighted by atomic mass is 35.5. The molecule has 0 atom stereocenters. The van der Waals surface area contributed by atoms with Crippen molar-refractivity contribution in [3.8, 4) is 22.4 Å². The minimum absolute atomic E-state index is 0.169. The lowest BCUT2D eigenvalue weighted by Crippen LogP contribution is -2.27. The molecule has 0 saturated heterocycles.